The summed E-state index contributed by atoms with van der Waals surface area (Å²) in [6, 6.07) is 2.73. The fourth-order valence-corrected chi connectivity index (χ4v) is 6.88. The molecule has 4 rings (SSSR count). The minimum Gasteiger partial charge on any atom is -0.459 e. The summed E-state index contributed by atoms with van der Waals surface area (Å²) in [5.74, 6) is -0.303. The molecule has 0 radical (unpaired) electrons. The number of furan rings is 1. The maximum atomic E-state index is 13.9. The first-order valence-corrected chi connectivity index (χ1v) is 12.2. The van der Waals surface area contributed by atoms with Gasteiger partial charge in [0.25, 0.3) is 5.91 Å². The van der Waals surface area contributed by atoms with Crippen LogP contribution in [0.3, 0.4) is 0 Å². The van der Waals surface area contributed by atoms with Gasteiger partial charge in [-0.1, -0.05) is 0 Å². The fourth-order valence-electron chi connectivity index (χ4n) is 4.97. The van der Waals surface area contributed by atoms with E-state index in [2.05, 4.69) is 0 Å². The van der Waals surface area contributed by atoms with Crippen molar-refractivity contribution in [2.45, 2.75) is 18.9 Å². The molecule has 3 aliphatic heterocycles. The van der Waals surface area contributed by atoms with Crippen molar-refractivity contribution in [1.82, 2.24) is 14.1 Å². The predicted molar refractivity (Wildman–Crippen MR) is 110 cm³/mol. The van der Waals surface area contributed by atoms with Crippen molar-refractivity contribution in [3.05, 3.63) is 24.2 Å². The third-order valence-electron chi connectivity index (χ3n) is 6.55. The van der Waals surface area contributed by atoms with Gasteiger partial charge in [0.1, 0.15) is 0 Å². The molecule has 11 heteroatoms. The van der Waals surface area contributed by atoms with Gasteiger partial charge >= 0.3 is 0 Å². The summed E-state index contributed by atoms with van der Waals surface area (Å²) in [7, 11) is -1.99. The van der Waals surface area contributed by atoms with E-state index in [4.69, 9.17) is 13.9 Å². The molecule has 3 saturated heterocycles. The fraction of sp³-hybridized carbons (Fsp3) is 0.700. The summed E-state index contributed by atoms with van der Waals surface area (Å²) >= 11 is 0. The number of ether oxygens (including phenoxy) is 2. The van der Waals surface area contributed by atoms with Crippen LogP contribution in [0.2, 0.25) is 0 Å². The minimum absolute atomic E-state index is 0.102. The smallest absolute Gasteiger partial charge is 0.289 e. The average Bonchev–Trinajstić information content (AvgIpc) is 3.32. The second-order valence-corrected chi connectivity index (χ2v) is 10.3. The third-order valence-corrected chi connectivity index (χ3v) is 8.43. The van der Waals surface area contributed by atoms with Crippen LogP contribution < -0.4 is 0 Å². The molecule has 0 bridgehead atoms. The Morgan fingerprint density at radius 3 is 2.68 bits per heavy atom. The normalized spacial score (nSPS) is 28.9. The van der Waals surface area contributed by atoms with Crippen molar-refractivity contribution in [1.29, 1.82) is 0 Å². The lowest BCUT2D eigenvalue weighted by Gasteiger charge is -2.54. The minimum atomic E-state index is -3.51. The number of hydrogen-bond acceptors (Lipinski definition) is 7. The Morgan fingerprint density at radius 1 is 1.23 bits per heavy atom. The van der Waals surface area contributed by atoms with Crippen molar-refractivity contribution in [3.8, 4) is 0 Å². The molecule has 4 heterocycles. The van der Waals surface area contributed by atoms with Gasteiger partial charge in [-0.3, -0.25) is 9.59 Å². The number of amides is 2. The largest absolute Gasteiger partial charge is 0.459 e. The number of hydrogen-bond donors (Lipinski definition) is 0. The molecule has 172 valence electrons. The van der Waals surface area contributed by atoms with Gasteiger partial charge in [0.2, 0.25) is 15.9 Å². The van der Waals surface area contributed by atoms with Crippen LogP contribution in [0, 0.1) is 5.41 Å². The lowest BCUT2D eigenvalue weighted by molar-refractivity contribution is -0.154. The highest BCUT2D eigenvalue weighted by atomic mass is 32.2. The van der Waals surface area contributed by atoms with Crippen LogP contribution in [0.5, 0.6) is 0 Å². The van der Waals surface area contributed by atoms with E-state index in [0.717, 1.165) is 0 Å². The maximum Gasteiger partial charge on any atom is 0.289 e. The lowest BCUT2D eigenvalue weighted by atomic mass is 9.71. The second kappa shape index (κ2) is 8.89. The van der Waals surface area contributed by atoms with Crippen LogP contribution in [-0.4, -0.2) is 106 Å². The first kappa shape index (κ1) is 22.3. The van der Waals surface area contributed by atoms with Crippen molar-refractivity contribution in [3.63, 3.8) is 0 Å². The summed E-state index contributed by atoms with van der Waals surface area (Å²) in [6.45, 7) is 2.77. The molecule has 2 atom stereocenters. The lowest BCUT2D eigenvalue weighted by Crippen LogP contribution is -2.69. The van der Waals surface area contributed by atoms with E-state index in [1.807, 2.05) is 0 Å². The van der Waals surface area contributed by atoms with E-state index < -0.39 is 21.5 Å². The number of piperidine rings is 1. The number of rotatable bonds is 5. The molecule has 3 fully saturated rings. The highest BCUT2D eigenvalue weighted by Gasteiger charge is 2.58. The summed E-state index contributed by atoms with van der Waals surface area (Å²) < 4.78 is 43.1. The Bertz CT molecular complexity index is 898. The van der Waals surface area contributed by atoms with Gasteiger partial charge < -0.3 is 23.7 Å². The Kier molecular flexibility index (Phi) is 6.38. The van der Waals surface area contributed by atoms with Crippen molar-refractivity contribution >= 4 is 21.8 Å². The Labute approximate surface area is 182 Å². The highest BCUT2D eigenvalue weighted by Crippen LogP contribution is 2.44. The molecule has 0 aliphatic carbocycles. The molecule has 0 unspecified atom stereocenters. The molecule has 10 nitrogen and oxygen atoms in total. The number of carbonyl (C=O) groups is 2. The molecule has 0 saturated carbocycles. The molecule has 2 amide bonds. The maximum absolute atomic E-state index is 13.9. The van der Waals surface area contributed by atoms with Gasteiger partial charge in [0.05, 0.1) is 37.3 Å². The van der Waals surface area contributed by atoms with Crippen LogP contribution in [0.1, 0.15) is 23.4 Å². The molecule has 1 aromatic heterocycles. The van der Waals surface area contributed by atoms with Gasteiger partial charge in [-0.25, -0.2) is 8.42 Å². The summed E-state index contributed by atoms with van der Waals surface area (Å²) in [5, 5.41) is 0. The summed E-state index contributed by atoms with van der Waals surface area (Å²) in [5.41, 5.74) is -1.00. The highest BCUT2D eigenvalue weighted by molar-refractivity contribution is 7.89. The van der Waals surface area contributed by atoms with Crippen molar-refractivity contribution in [2.24, 2.45) is 5.41 Å². The van der Waals surface area contributed by atoms with Crippen LogP contribution in [0.4, 0.5) is 0 Å². The zero-order chi connectivity index (χ0) is 22.1. The third kappa shape index (κ3) is 4.11. The van der Waals surface area contributed by atoms with Crippen LogP contribution in [-0.2, 0) is 24.3 Å². The molecule has 0 aromatic carbocycles. The quantitative estimate of drug-likeness (QED) is 0.616. The van der Waals surface area contributed by atoms with Gasteiger partial charge in [0.15, 0.2) is 5.76 Å². The number of sulfonamides is 1. The topological polar surface area (TPSA) is 110 Å². The Morgan fingerprint density at radius 2 is 2.00 bits per heavy atom. The number of nitrogens with zero attached hydrogens (tertiary/aromatic N) is 3. The molecule has 31 heavy (non-hydrogen) atoms. The van der Waals surface area contributed by atoms with E-state index in [0.29, 0.717) is 39.3 Å². The standard InChI is InChI=1S/C20H29N3O7S/c1-28-11-9-23-17-4-6-22(18(24)16-3-2-10-30-16)15-20(17,5-14-31(23,26)27)19(25)21-7-12-29-13-8-21/h2-3,10,17H,4-9,11-15H2,1H3/t17-,20+/m1/s1. The van der Waals surface area contributed by atoms with E-state index in [-0.39, 0.29) is 49.4 Å². The van der Waals surface area contributed by atoms with Gasteiger partial charge in [-0.15, -0.1) is 0 Å². The Balaban J connectivity index is 1.68. The van der Waals surface area contributed by atoms with Gasteiger partial charge in [-0.2, -0.15) is 4.31 Å². The van der Waals surface area contributed by atoms with E-state index in [1.165, 1.54) is 17.7 Å². The zero-order valence-corrected chi connectivity index (χ0v) is 18.5. The number of carbonyl (C=O) groups excluding carboxylic acids is 2. The van der Waals surface area contributed by atoms with Gasteiger partial charge in [-0.05, 0) is 25.0 Å². The number of fused-ring (bicyclic) bond motifs is 1. The number of methoxy groups -OCH3 is 1. The second-order valence-electron chi connectivity index (χ2n) is 8.24. The zero-order valence-electron chi connectivity index (χ0n) is 17.7. The van der Waals surface area contributed by atoms with Crippen molar-refractivity contribution in [2.75, 3.05) is 65.4 Å². The number of morpholine rings is 1. The first-order valence-electron chi connectivity index (χ1n) is 10.6. The SMILES string of the molecule is COCCN1[C@@H]2CCN(C(=O)c3ccco3)C[C@@]2(C(=O)N2CCOCC2)CCS1(=O)=O. The van der Waals surface area contributed by atoms with Crippen LogP contribution in [0.25, 0.3) is 0 Å². The molecular formula is C20H29N3O7S. The molecule has 0 N–H and O–H groups in total. The molecule has 1 aromatic rings. The average molecular weight is 456 g/mol. The molecule has 0 spiro atoms. The van der Waals surface area contributed by atoms with Gasteiger partial charge in [0, 0.05) is 45.9 Å². The summed E-state index contributed by atoms with van der Waals surface area (Å²) in [4.78, 5) is 30.2. The van der Waals surface area contributed by atoms with E-state index >= 15 is 0 Å². The molecule has 3 aliphatic rings. The van der Waals surface area contributed by atoms with Crippen molar-refractivity contribution < 1.29 is 31.9 Å². The van der Waals surface area contributed by atoms with E-state index in [9.17, 15) is 18.0 Å². The van der Waals surface area contributed by atoms with E-state index in [1.54, 1.807) is 21.9 Å². The monoisotopic (exact) mass is 455 g/mol. The Hall–Kier alpha value is -1.95. The summed E-state index contributed by atoms with van der Waals surface area (Å²) in [6.07, 6.45) is 2.00. The number of likely N-dealkylation sites (tertiary alicyclic amines) is 1. The molecular weight excluding hydrogens is 426 g/mol. The first-order chi connectivity index (χ1) is 14.9. The predicted octanol–water partition coefficient (Wildman–Crippen LogP) is 0.0212. The van der Waals surface area contributed by atoms with Crippen LogP contribution >= 0.6 is 0 Å². The van der Waals surface area contributed by atoms with Crippen LogP contribution in [0.15, 0.2) is 22.8 Å².